The normalized spacial score (nSPS) is 13.3. The number of amides is 1. The molecule has 1 amide bonds. The summed E-state index contributed by atoms with van der Waals surface area (Å²) in [5.41, 5.74) is 4.14. The summed E-state index contributed by atoms with van der Waals surface area (Å²) >= 11 is 1.67. The van der Waals surface area contributed by atoms with Crippen molar-refractivity contribution in [2.45, 2.75) is 32.4 Å². The van der Waals surface area contributed by atoms with Crippen molar-refractivity contribution < 1.29 is 4.79 Å². The number of anilines is 1. The number of carbonyl (C=O) groups excluding carboxylic acids is 1. The molecule has 2 heterocycles. The minimum absolute atomic E-state index is 0.0693. The number of H-pyrrole nitrogens is 2. The third-order valence-corrected chi connectivity index (χ3v) is 6.08. The van der Waals surface area contributed by atoms with Gasteiger partial charge >= 0.3 is 5.69 Å². The number of rotatable bonds is 7. The molecule has 4 rings (SSSR count). The third kappa shape index (κ3) is 4.37. The Hall–Kier alpha value is -3.16. The van der Waals surface area contributed by atoms with Crippen molar-refractivity contribution >= 4 is 34.0 Å². The minimum Gasteiger partial charge on any atom is -0.325 e. The molecule has 154 valence electrons. The topological polar surface area (TPSA) is 89.8 Å². The lowest BCUT2D eigenvalue weighted by Gasteiger charge is -2.23. The number of hydrogen-bond donors (Lipinski definition) is 4. The van der Waals surface area contributed by atoms with Gasteiger partial charge in [-0.15, -0.1) is 11.3 Å². The van der Waals surface area contributed by atoms with E-state index in [1.807, 2.05) is 18.4 Å². The number of aryl methyl sites for hydroxylation is 1. The molecule has 7 heteroatoms. The van der Waals surface area contributed by atoms with Crippen LogP contribution in [0, 0.1) is 0 Å². The zero-order valence-corrected chi connectivity index (χ0v) is 17.7. The molecule has 2 aromatic carbocycles. The van der Waals surface area contributed by atoms with Crippen molar-refractivity contribution in [1.29, 1.82) is 0 Å². The molecule has 0 fully saturated rings. The highest BCUT2D eigenvalue weighted by atomic mass is 32.1. The van der Waals surface area contributed by atoms with Gasteiger partial charge in [-0.3, -0.25) is 10.1 Å². The molecule has 2 aromatic heterocycles. The van der Waals surface area contributed by atoms with Gasteiger partial charge in [0.05, 0.1) is 23.1 Å². The summed E-state index contributed by atoms with van der Waals surface area (Å²) in [6.45, 7) is 3.99. The van der Waals surface area contributed by atoms with Crippen molar-refractivity contribution in [2.24, 2.45) is 0 Å². The van der Waals surface area contributed by atoms with Crippen LogP contribution in [0.25, 0.3) is 11.0 Å². The monoisotopic (exact) mass is 420 g/mol. The molecule has 0 aliphatic heterocycles. The summed E-state index contributed by atoms with van der Waals surface area (Å²) < 4.78 is 0. The van der Waals surface area contributed by atoms with E-state index in [0.29, 0.717) is 16.7 Å². The number of aromatic nitrogens is 2. The largest absolute Gasteiger partial charge is 0.325 e. The Bertz CT molecular complexity index is 1190. The standard InChI is InChI=1S/C23H24N4O2S/c1-3-15-6-8-16(9-7-15)21(20-5-4-12-30-20)24-14(2)22(28)25-17-10-11-18-19(13-17)27-23(29)26-18/h4-14,21,24H,3H2,1-2H3,(H,25,28)(H2,26,27,29)/t14-,21-/m0/s1. The first-order valence-electron chi connectivity index (χ1n) is 9.94. The molecule has 0 unspecified atom stereocenters. The molecule has 4 aromatic rings. The van der Waals surface area contributed by atoms with E-state index in [0.717, 1.165) is 16.9 Å². The molecule has 30 heavy (non-hydrogen) atoms. The van der Waals surface area contributed by atoms with Gasteiger partial charge in [0.25, 0.3) is 0 Å². The van der Waals surface area contributed by atoms with Crippen LogP contribution in [0.3, 0.4) is 0 Å². The smallest absolute Gasteiger partial charge is 0.323 e. The quantitative estimate of drug-likeness (QED) is 0.361. The van der Waals surface area contributed by atoms with Gasteiger partial charge in [-0.1, -0.05) is 37.3 Å². The summed E-state index contributed by atoms with van der Waals surface area (Å²) in [5, 5.41) is 8.44. The summed E-state index contributed by atoms with van der Waals surface area (Å²) in [7, 11) is 0. The maximum atomic E-state index is 12.8. The van der Waals surface area contributed by atoms with E-state index in [1.54, 1.807) is 29.5 Å². The van der Waals surface area contributed by atoms with Crippen LogP contribution in [0.1, 0.15) is 35.9 Å². The first kappa shape index (κ1) is 20.1. The Morgan fingerprint density at radius 2 is 1.83 bits per heavy atom. The van der Waals surface area contributed by atoms with Crippen LogP contribution >= 0.6 is 11.3 Å². The molecular weight excluding hydrogens is 396 g/mol. The SMILES string of the molecule is CCc1ccc([C@H](N[C@@H](C)C(=O)Nc2ccc3[nH]c(=O)[nH]c3c2)c2cccs2)cc1. The van der Waals surface area contributed by atoms with Crippen LogP contribution in [0.5, 0.6) is 0 Å². The number of fused-ring (bicyclic) bond motifs is 1. The molecule has 0 aliphatic carbocycles. The molecule has 0 radical (unpaired) electrons. The number of carbonyl (C=O) groups is 1. The van der Waals surface area contributed by atoms with Gasteiger partial charge in [-0.05, 0) is 54.1 Å². The number of aromatic amines is 2. The maximum Gasteiger partial charge on any atom is 0.323 e. The lowest BCUT2D eigenvalue weighted by atomic mass is 10.0. The van der Waals surface area contributed by atoms with E-state index >= 15 is 0 Å². The number of nitrogens with one attached hydrogen (secondary N) is 4. The average Bonchev–Trinajstić information content (AvgIpc) is 3.40. The zero-order valence-electron chi connectivity index (χ0n) is 16.9. The molecular formula is C23H24N4O2S. The van der Waals surface area contributed by atoms with Crippen LogP contribution in [0.4, 0.5) is 5.69 Å². The molecule has 4 N–H and O–H groups in total. The average molecular weight is 421 g/mol. The van der Waals surface area contributed by atoms with E-state index in [4.69, 9.17) is 0 Å². The van der Waals surface area contributed by atoms with Crippen molar-refractivity contribution in [3.05, 3.63) is 86.5 Å². The highest BCUT2D eigenvalue weighted by molar-refractivity contribution is 7.10. The Balaban J connectivity index is 1.51. The van der Waals surface area contributed by atoms with Crippen molar-refractivity contribution in [3.63, 3.8) is 0 Å². The van der Waals surface area contributed by atoms with Crippen LogP contribution in [-0.2, 0) is 11.2 Å². The first-order valence-corrected chi connectivity index (χ1v) is 10.8. The third-order valence-electron chi connectivity index (χ3n) is 5.14. The Labute approximate surface area is 178 Å². The molecule has 0 bridgehead atoms. The van der Waals surface area contributed by atoms with Crippen LogP contribution < -0.4 is 16.3 Å². The first-order chi connectivity index (χ1) is 14.5. The van der Waals surface area contributed by atoms with E-state index in [-0.39, 0.29) is 17.6 Å². The molecule has 0 spiro atoms. The maximum absolute atomic E-state index is 12.8. The van der Waals surface area contributed by atoms with E-state index in [1.165, 1.54) is 5.56 Å². The fourth-order valence-corrected chi connectivity index (χ4v) is 4.24. The zero-order chi connectivity index (χ0) is 21.1. The number of hydrogen-bond acceptors (Lipinski definition) is 4. The predicted molar refractivity (Wildman–Crippen MR) is 122 cm³/mol. The van der Waals surface area contributed by atoms with Gasteiger partial charge < -0.3 is 15.3 Å². The molecule has 0 saturated heterocycles. The Morgan fingerprint density at radius 3 is 2.53 bits per heavy atom. The van der Waals surface area contributed by atoms with Crippen molar-refractivity contribution in [3.8, 4) is 0 Å². The molecule has 2 atom stereocenters. The number of benzene rings is 2. The second-order valence-electron chi connectivity index (χ2n) is 7.26. The summed E-state index contributed by atoms with van der Waals surface area (Å²) in [6.07, 6.45) is 0.993. The number of thiophene rings is 1. The van der Waals surface area contributed by atoms with Gasteiger partial charge in [-0.25, -0.2) is 4.79 Å². The van der Waals surface area contributed by atoms with Gasteiger partial charge in [-0.2, -0.15) is 0 Å². The van der Waals surface area contributed by atoms with Gasteiger partial charge in [0.1, 0.15) is 0 Å². The van der Waals surface area contributed by atoms with Crippen molar-refractivity contribution in [2.75, 3.05) is 5.32 Å². The van der Waals surface area contributed by atoms with E-state index < -0.39 is 6.04 Å². The Kier molecular flexibility index (Phi) is 5.83. The molecule has 0 aliphatic rings. The van der Waals surface area contributed by atoms with Gasteiger partial charge in [0.2, 0.25) is 5.91 Å². The van der Waals surface area contributed by atoms with E-state index in [2.05, 4.69) is 57.9 Å². The summed E-state index contributed by atoms with van der Waals surface area (Å²) in [6, 6.07) is 17.4. The number of imidazole rings is 1. The summed E-state index contributed by atoms with van der Waals surface area (Å²) in [5.74, 6) is -0.140. The van der Waals surface area contributed by atoms with Gasteiger partial charge in [0.15, 0.2) is 0 Å². The molecule has 6 nitrogen and oxygen atoms in total. The fraction of sp³-hybridized carbons (Fsp3) is 0.217. The van der Waals surface area contributed by atoms with Crippen molar-refractivity contribution in [1.82, 2.24) is 15.3 Å². The lowest BCUT2D eigenvalue weighted by molar-refractivity contribution is -0.117. The summed E-state index contributed by atoms with van der Waals surface area (Å²) in [4.78, 5) is 30.8. The van der Waals surface area contributed by atoms with E-state index in [9.17, 15) is 9.59 Å². The van der Waals surface area contributed by atoms with Crippen LogP contribution in [0.15, 0.2) is 64.8 Å². The second-order valence-corrected chi connectivity index (χ2v) is 8.24. The van der Waals surface area contributed by atoms with Gasteiger partial charge in [0, 0.05) is 10.6 Å². The predicted octanol–water partition coefficient (Wildman–Crippen LogP) is 4.19. The minimum atomic E-state index is -0.427. The fourth-order valence-electron chi connectivity index (χ4n) is 3.43. The highest BCUT2D eigenvalue weighted by Gasteiger charge is 2.22. The van der Waals surface area contributed by atoms with Crippen LogP contribution in [0.2, 0.25) is 0 Å². The lowest BCUT2D eigenvalue weighted by Crippen LogP contribution is -2.40. The highest BCUT2D eigenvalue weighted by Crippen LogP contribution is 2.27. The second kappa shape index (κ2) is 8.69. The molecule has 0 saturated carbocycles. The Morgan fingerprint density at radius 1 is 1.07 bits per heavy atom. The van der Waals surface area contributed by atoms with Crippen LogP contribution in [-0.4, -0.2) is 21.9 Å².